The Hall–Kier alpha value is -4.39. The lowest BCUT2D eigenvalue weighted by Gasteiger charge is -2.25. The fourth-order valence-corrected chi connectivity index (χ4v) is 4.65. The normalized spacial score (nSPS) is 14.8. The Bertz CT molecular complexity index is 1390. The summed E-state index contributed by atoms with van der Waals surface area (Å²) in [4.78, 5) is 43.3. The molecule has 3 amide bonds. The van der Waals surface area contributed by atoms with Crippen LogP contribution in [0.3, 0.4) is 0 Å². The van der Waals surface area contributed by atoms with E-state index in [1.54, 1.807) is 11.0 Å². The zero-order valence-electron chi connectivity index (χ0n) is 18.7. The topological polar surface area (TPSA) is 94.3 Å². The van der Waals surface area contributed by atoms with Crippen molar-refractivity contribution in [1.82, 2.24) is 20.7 Å². The van der Waals surface area contributed by atoms with E-state index < -0.39 is 11.9 Å². The third-order valence-electron chi connectivity index (χ3n) is 6.14. The summed E-state index contributed by atoms with van der Waals surface area (Å²) in [7, 11) is 0. The molecule has 34 heavy (non-hydrogen) atoms. The summed E-state index contributed by atoms with van der Waals surface area (Å²) in [6.07, 6.45) is 0.145. The maximum Gasteiger partial charge on any atom is 0.258 e. The van der Waals surface area contributed by atoms with Crippen LogP contribution in [0.25, 0.3) is 10.9 Å². The van der Waals surface area contributed by atoms with Crippen LogP contribution in [0.1, 0.15) is 38.8 Å². The molecule has 170 valence electrons. The molecule has 1 aromatic heterocycles. The SMILES string of the molecule is Cc1[nH]c2ccccc2c1C1c2ccccc2C(=O)N1CC(=O)NNC(=O)Cc1ccccc1. The number of carbonyl (C=O) groups is 3. The van der Waals surface area contributed by atoms with Crippen molar-refractivity contribution in [3.63, 3.8) is 0 Å². The molecule has 2 heterocycles. The van der Waals surface area contributed by atoms with Crippen LogP contribution in [0.2, 0.25) is 0 Å². The van der Waals surface area contributed by atoms with E-state index in [0.717, 1.165) is 33.3 Å². The Morgan fingerprint density at radius 2 is 1.56 bits per heavy atom. The molecule has 0 saturated carbocycles. The van der Waals surface area contributed by atoms with E-state index in [9.17, 15) is 14.4 Å². The molecule has 3 aromatic carbocycles. The number of H-pyrrole nitrogens is 1. The monoisotopic (exact) mass is 452 g/mol. The van der Waals surface area contributed by atoms with Crippen molar-refractivity contribution >= 4 is 28.6 Å². The number of hydrogen-bond acceptors (Lipinski definition) is 3. The first-order valence-electron chi connectivity index (χ1n) is 11.1. The summed E-state index contributed by atoms with van der Waals surface area (Å²) in [6, 6.07) is 24.2. The van der Waals surface area contributed by atoms with Gasteiger partial charge in [-0.05, 0) is 30.2 Å². The zero-order chi connectivity index (χ0) is 23.7. The second-order valence-corrected chi connectivity index (χ2v) is 8.39. The van der Waals surface area contributed by atoms with Crippen molar-refractivity contribution in [1.29, 1.82) is 0 Å². The molecule has 0 radical (unpaired) electrons. The molecule has 1 aliphatic heterocycles. The first kappa shape index (κ1) is 21.5. The number of hydrogen-bond donors (Lipinski definition) is 3. The Balaban J connectivity index is 1.38. The molecule has 0 bridgehead atoms. The lowest BCUT2D eigenvalue weighted by Crippen LogP contribution is -2.47. The third kappa shape index (κ3) is 3.92. The van der Waals surface area contributed by atoms with Gasteiger partial charge in [-0.1, -0.05) is 66.7 Å². The van der Waals surface area contributed by atoms with Crippen molar-refractivity contribution in [3.8, 4) is 0 Å². The number of para-hydroxylation sites is 1. The number of rotatable bonds is 5. The molecule has 0 spiro atoms. The molecule has 7 nitrogen and oxygen atoms in total. The van der Waals surface area contributed by atoms with Gasteiger partial charge in [-0.25, -0.2) is 0 Å². The molecule has 3 N–H and O–H groups in total. The van der Waals surface area contributed by atoms with Crippen molar-refractivity contribution in [2.75, 3.05) is 6.54 Å². The van der Waals surface area contributed by atoms with Crippen LogP contribution in [0.4, 0.5) is 0 Å². The number of benzene rings is 3. The Morgan fingerprint density at radius 3 is 2.38 bits per heavy atom. The van der Waals surface area contributed by atoms with Gasteiger partial charge in [0.15, 0.2) is 0 Å². The lowest BCUT2D eigenvalue weighted by molar-refractivity contribution is -0.129. The Morgan fingerprint density at radius 1 is 0.882 bits per heavy atom. The van der Waals surface area contributed by atoms with Crippen LogP contribution < -0.4 is 10.9 Å². The molecule has 5 rings (SSSR count). The van der Waals surface area contributed by atoms with Crippen molar-refractivity contribution < 1.29 is 14.4 Å². The summed E-state index contributed by atoms with van der Waals surface area (Å²) >= 11 is 0. The van der Waals surface area contributed by atoms with E-state index in [4.69, 9.17) is 0 Å². The van der Waals surface area contributed by atoms with E-state index in [0.29, 0.717) is 5.56 Å². The van der Waals surface area contributed by atoms with Crippen molar-refractivity contribution in [3.05, 3.63) is 107 Å². The first-order chi connectivity index (χ1) is 16.5. The number of aromatic amines is 1. The molecule has 7 heteroatoms. The quantitative estimate of drug-likeness (QED) is 0.405. The standard InChI is InChI=1S/C27H24N4O3/c1-17-25(21-13-7-8-14-22(21)28-17)26-19-11-5-6-12-20(19)27(34)31(26)16-24(33)30-29-23(32)15-18-9-3-2-4-10-18/h2-14,26,28H,15-16H2,1H3,(H,29,32)(H,30,33). The number of aryl methyl sites for hydroxylation is 1. The fourth-order valence-electron chi connectivity index (χ4n) is 4.65. The van der Waals surface area contributed by atoms with Crippen molar-refractivity contribution in [2.45, 2.75) is 19.4 Å². The average Bonchev–Trinajstić information content (AvgIpc) is 3.31. The molecule has 1 aliphatic rings. The highest BCUT2D eigenvalue weighted by Gasteiger charge is 2.40. The van der Waals surface area contributed by atoms with E-state index >= 15 is 0 Å². The third-order valence-corrected chi connectivity index (χ3v) is 6.14. The maximum absolute atomic E-state index is 13.3. The zero-order valence-corrected chi connectivity index (χ0v) is 18.7. The van der Waals surface area contributed by atoms with Crippen LogP contribution in [-0.4, -0.2) is 34.2 Å². The van der Waals surface area contributed by atoms with E-state index in [1.165, 1.54) is 0 Å². The minimum Gasteiger partial charge on any atom is -0.358 e. The van der Waals surface area contributed by atoms with Gasteiger partial charge in [0, 0.05) is 27.7 Å². The second-order valence-electron chi connectivity index (χ2n) is 8.39. The van der Waals surface area contributed by atoms with E-state index in [1.807, 2.05) is 79.7 Å². The molecule has 4 aromatic rings. The first-order valence-corrected chi connectivity index (χ1v) is 11.1. The largest absolute Gasteiger partial charge is 0.358 e. The van der Waals surface area contributed by atoms with Gasteiger partial charge >= 0.3 is 0 Å². The van der Waals surface area contributed by atoms with Gasteiger partial charge in [-0.2, -0.15) is 0 Å². The van der Waals surface area contributed by atoms with Crippen molar-refractivity contribution in [2.24, 2.45) is 0 Å². The highest BCUT2D eigenvalue weighted by Crippen LogP contribution is 2.42. The highest BCUT2D eigenvalue weighted by molar-refractivity contribution is 6.02. The summed E-state index contributed by atoms with van der Waals surface area (Å²) < 4.78 is 0. The summed E-state index contributed by atoms with van der Waals surface area (Å²) in [5, 5.41) is 1.01. The van der Waals surface area contributed by atoms with Gasteiger partial charge in [0.25, 0.3) is 11.8 Å². The van der Waals surface area contributed by atoms with Crippen LogP contribution in [0, 0.1) is 6.92 Å². The number of fused-ring (bicyclic) bond motifs is 2. The van der Waals surface area contributed by atoms with E-state index in [-0.39, 0.29) is 24.8 Å². The smallest absolute Gasteiger partial charge is 0.258 e. The summed E-state index contributed by atoms with van der Waals surface area (Å²) in [6.45, 7) is 1.78. The Kier molecular flexibility index (Phi) is 5.59. The van der Waals surface area contributed by atoms with Gasteiger partial charge in [-0.15, -0.1) is 0 Å². The minimum absolute atomic E-state index is 0.145. The van der Waals surface area contributed by atoms with Gasteiger partial charge in [0.1, 0.15) is 6.54 Å². The van der Waals surface area contributed by atoms with Crippen LogP contribution in [0.15, 0.2) is 78.9 Å². The van der Waals surface area contributed by atoms with Crippen LogP contribution in [0.5, 0.6) is 0 Å². The molecular weight excluding hydrogens is 428 g/mol. The molecule has 0 saturated heterocycles. The number of aromatic nitrogens is 1. The molecule has 1 unspecified atom stereocenters. The summed E-state index contributed by atoms with van der Waals surface area (Å²) in [5.74, 6) is -1.01. The van der Waals surface area contributed by atoms with Gasteiger partial charge in [-0.3, -0.25) is 25.2 Å². The Labute approximate surface area is 196 Å². The molecule has 0 fully saturated rings. The fraction of sp³-hybridized carbons (Fsp3) is 0.148. The average molecular weight is 453 g/mol. The number of nitrogens with zero attached hydrogens (tertiary/aromatic N) is 1. The molecule has 1 atom stereocenters. The maximum atomic E-state index is 13.3. The van der Waals surface area contributed by atoms with Gasteiger partial charge in [0.05, 0.1) is 12.5 Å². The van der Waals surface area contributed by atoms with Gasteiger partial charge in [0.2, 0.25) is 5.91 Å². The molecule has 0 aliphatic carbocycles. The summed E-state index contributed by atoms with van der Waals surface area (Å²) in [5.41, 5.74) is 10.1. The predicted octanol–water partition coefficient (Wildman–Crippen LogP) is 3.41. The number of carbonyl (C=O) groups excluding carboxylic acids is 3. The number of amides is 3. The lowest BCUT2D eigenvalue weighted by atomic mass is 9.95. The minimum atomic E-state index is -0.468. The van der Waals surface area contributed by atoms with Gasteiger partial charge < -0.3 is 9.88 Å². The molecular formula is C27H24N4O3. The number of hydrazine groups is 1. The predicted molar refractivity (Wildman–Crippen MR) is 129 cm³/mol. The second kappa shape index (κ2) is 8.86. The number of nitrogens with one attached hydrogen (secondary N) is 3. The van der Waals surface area contributed by atoms with E-state index in [2.05, 4.69) is 15.8 Å². The van der Waals surface area contributed by atoms with Crippen LogP contribution >= 0.6 is 0 Å². The van der Waals surface area contributed by atoms with Crippen LogP contribution in [-0.2, 0) is 16.0 Å². The highest BCUT2D eigenvalue weighted by atomic mass is 16.2.